The molecule has 0 aromatic heterocycles. The molecule has 2 aliphatic rings. The molecule has 2 unspecified atom stereocenters. The van der Waals surface area contributed by atoms with Gasteiger partial charge in [-0.1, -0.05) is 19.1 Å². The van der Waals surface area contributed by atoms with Crippen LogP contribution in [0.25, 0.3) is 0 Å². The Bertz CT molecular complexity index is 539. The Hall–Kier alpha value is -1.33. The Kier molecular flexibility index (Phi) is 2.12. The Morgan fingerprint density at radius 3 is 2.94 bits per heavy atom. The molecular formula is C12H10O4S. The molecule has 4 nitrogen and oxygen atoms in total. The number of carbonyl (C=O) groups is 2. The maximum atomic E-state index is 12.3. The van der Waals surface area contributed by atoms with Crippen molar-refractivity contribution in [3.63, 3.8) is 0 Å². The number of ketones is 2. The monoisotopic (exact) mass is 250 g/mol. The van der Waals surface area contributed by atoms with Crippen LogP contribution in [-0.4, -0.2) is 33.5 Å². The first-order chi connectivity index (χ1) is 8.12. The summed E-state index contributed by atoms with van der Waals surface area (Å²) in [5.74, 6) is 0.0499. The van der Waals surface area contributed by atoms with E-state index in [1.165, 1.54) is 17.8 Å². The quantitative estimate of drug-likeness (QED) is 0.808. The van der Waals surface area contributed by atoms with E-state index in [1.807, 2.05) is 6.92 Å². The van der Waals surface area contributed by atoms with Crippen molar-refractivity contribution in [3.8, 4) is 5.75 Å². The number of hydrogen-bond acceptors (Lipinski definition) is 5. The number of carbonyl (C=O) groups excluding carboxylic acids is 2. The molecule has 1 heterocycles. The van der Waals surface area contributed by atoms with Crippen LogP contribution in [0, 0.1) is 0 Å². The van der Waals surface area contributed by atoms with Crippen LogP contribution >= 0.6 is 11.8 Å². The minimum absolute atomic E-state index is 0.104. The summed E-state index contributed by atoms with van der Waals surface area (Å²) in [6.45, 7) is 1.91. The van der Waals surface area contributed by atoms with Gasteiger partial charge in [-0.05, 0) is 11.8 Å². The molecule has 1 fully saturated rings. The van der Waals surface area contributed by atoms with Gasteiger partial charge in [0.25, 0.3) is 0 Å². The lowest BCUT2D eigenvalue weighted by molar-refractivity contribution is 0.0909. The van der Waals surface area contributed by atoms with E-state index in [2.05, 4.69) is 0 Å². The third-order valence-corrected chi connectivity index (χ3v) is 4.24. The molecule has 1 aromatic carbocycles. The van der Waals surface area contributed by atoms with E-state index in [4.69, 9.17) is 4.74 Å². The van der Waals surface area contributed by atoms with Gasteiger partial charge in [0.15, 0.2) is 6.10 Å². The predicted molar refractivity (Wildman–Crippen MR) is 62.5 cm³/mol. The van der Waals surface area contributed by atoms with E-state index in [9.17, 15) is 14.7 Å². The smallest absolute Gasteiger partial charge is 0.211 e. The van der Waals surface area contributed by atoms with E-state index < -0.39 is 11.0 Å². The van der Waals surface area contributed by atoms with Crippen molar-refractivity contribution in [2.75, 3.05) is 5.75 Å². The van der Waals surface area contributed by atoms with Crippen LogP contribution in [0.2, 0.25) is 0 Å². The Morgan fingerprint density at radius 2 is 2.24 bits per heavy atom. The lowest BCUT2D eigenvalue weighted by Crippen LogP contribution is -2.34. The number of aromatic hydroxyl groups is 1. The molecule has 88 valence electrons. The summed E-state index contributed by atoms with van der Waals surface area (Å²) in [4.78, 5) is 23.3. The molecule has 1 aliphatic heterocycles. The number of phenols is 1. The van der Waals surface area contributed by atoms with E-state index in [-0.39, 0.29) is 28.4 Å². The highest BCUT2D eigenvalue weighted by Gasteiger charge is 2.69. The molecule has 0 radical (unpaired) electrons. The highest BCUT2D eigenvalue weighted by Crippen LogP contribution is 2.54. The van der Waals surface area contributed by atoms with Gasteiger partial charge in [-0.2, -0.15) is 0 Å². The van der Waals surface area contributed by atoms with E-state index in [0.29, 0.717) is 5.75 Å². The summed E-state index contributed by atoms with van der Waals surface area (Å²) < 4.78 is 5.32. The first-order valence-corrected chi connectivity index (χ1v) is 6.33. The third-order valence-electron chi connectivity index (χ3n) is 3.03. The van der Waals surface area contributed by atoms with Gasteiger partial charge in [-0.15, -0.1) is 11.8 Å². The van der Waals surface area contributed by atoms with Crippen molar-refractivity contribution in [2.24, 2.45) is 0 Å². The van der Waals surface area contributed by atoms with Crippen molar-refractivity contribution < 1.29 is 19.4 Å². The van der Waals surface area contributed by atoms with Gasteiger partial charge in [-0.3, -0.25) is 9.59 Å². The second kappa shape index (κ2) is 3.34. The molecule has 5 heteroatoms. The summed E-state index contributed by atoms with van der Waals surface area (Å²) >= 11 is 1.34. The average molecular weight is 250 g/mol. The summed E-state index contributed by atoms with van der Waals surface area (Å²) in [5.41, 5.74) is 0.372. The third kappa shape index (κ3) is 1.23. The minimum Gasteiger partial charge on any atom is -0.507 e. The first kappa shape index (κ1) is 10.8. The SMILES string of the molecule is CCSC12OC1C(=O)c1c(O)cccc1C2=O. The van der Waals surface area contributed by atoms with Crippen LogP contribution in [-0.2, 0) is 4.74 Å². The first-order valence-electron chi connectivity index (χ1n) is 5.34. The Balaban J connectivity index is 2.16. The maximum Gasteiger partial charge on any atom is 0.211 e. The predicted octanol–water partition coefficient (Wildman–Crippen LogP) is 1.62. The Morgan fingerprint density at radius 1 is 1.47 bits per heavy atom. The van der Waals surface area contributed by atoms with E-state index in [0.717, 1.165) is 0 Å². The van der Waals surface area contributed by atoms with Crippen LogP contribution in [0.5, 0.6) is 5.75 Å². The van der Waals surface area contributed by atoms with Gasteiger partial charge in [0.1, 0.15) is 5.75 Å². The second-order valence-corrected chi connectivity index (χ2v) is 5.46. The van der Waals surface area contributed by atoms with Gasteiger partial charge >= 0.3 is 0 Å². The van der Waals surface area contributed by atoms with Crippen LogP contribution in [0.3, 0.4) is 0 Å². The van der Waals surface area contributed by atoms with Gasteiger partial charge in [-0.25, -0.2) is 0 Å². The number of hydrogen-bond donors (Lipinski definition) is 1. The zero-order chi connectivity index (χ0) is 12.2. The molecule has 1 aliphatic carbocycles. The lowest BCUT2D eigenvalue weighted by atomic mass is 9.88. The van der Waals surface area contributed by atoms with Crippen LogP contribution in [0.15, 0.2) is 18.2 Å². The fraction of sp³-hybridized carbons (Fsp3) is 0.333. The lowest BCUT2D eigenvalue weighted by Gasteiger charge is -2.18. The molecule has 1 aromatic rings. The number of ether oxygens (including phenoxy) is 1. The number of Topliss-reactive ketones (excluding diaryl/α,β-unsaturated/α-hetero) is 2. The summed E-state index contributed by atoms with van der Waals surface area (Å²) in [6.07, 6.45) is -0.722. The normalized spacial score (nSPS) is 29.8. The fourth-order valence-electron chi connectivity index (χ4n) is 2.24. The summed E-state index contributed by atoms with van der Waals surface area (Å²) in [6, 6.07) is 4.53. The fourth-order valence-corrected chi connectivity index (χ4v) is 3.33. The molecule has 0 bridgehead atoms. The molecule has 17 heavy (non-hydrogen) atoms. The number of fused-ring (bicyclic) bond motifs is 2. The van der Waals surface area contributed by atoms with Crippen molar-refractivity contribution in [2.45, 2.75) is 18.0 Å². The highest BCUT2D eigenvalue weighted by atomic mass is 32.2. The highest BCUT2D eigenvalue weighted by molar-refractivity contribution is 8.01. The number of rotatable bonds is 2. The zero-order valence-corrected chi connectivity index (χ0v) is 9.91. The minimum atomic E-state index is -1.02. The molecule has 2 atom stereocenters. The van der Waals surface area contributed by atoms with Crippen molar-refractivity contribution in [3.05, 3.63) is 29.3 Å². The summed E-state index contributed by atoms with van der Waals surface area (Å²) in [5, 5.41) is 9.66. The summed E-state index contributed by atoms with van der Waals surface area (Å²) in [7, 11) is 0. The van der Waals surface area contributed by atoms with Gasteiger partial charge < -0.3 is 9.84 Å². The molecule has 1 N–H and O–H groups in total. The average Bonchev–Trinajstić information content (AvgIpc) is 3.03. The van der Waals surface area contributed by atoms with Gasteiger partial charge in [0, 0.05) is 5.56 Å². The molecule has 0 saturated carbocycles. The van der Waals surface area contributed by atoms with Crippen LogP contribution in [0.4, 0.5) is 0 Å². The number of phenolic OH excluding ortho intramolecular Hbond substituents is 1. The van der Waals surface area contributed by atoms with E-state index in [1.54, 1.807) is 12.1 Å². The van der Waals surface area contributed by atoms with Crippen molar-refractivity contribution in [1.82, 2.24) is 0 Å². The van der Waals surface area contributed by atoms with Crippen molar-refractivity contribution in [1.29, 1.82) is 0 Å². The second-order valence-electron chi connectivity index (χ2n) is 3.99. The molecule has 3 rings (SSSR count). The van der Waals surface area contributed by atoms with Gasteiger partial charge in [0.05, 0.1) is 5.56 Å². The standard InChI is InChI=1S/C12H10O4S/c1-2-17-12-10(15)6-4-3-5-7(13)8(6)9(14)11(12)16-12/h3-5,11,13H,2H2,1H3. The molecule has 0 spiro atoms. The maximum absolute atomic E-state index is 12.3. The molecular weight excluding hydrogens is 240 g/mol. The largest absolute Gasteiger partial charge is 0.507 e. The molecule has 1 saturated heterocycles. The van der Waals surface area contributed by atoms with Crippen molar-refractivity contribution >= 4 is 23.3 Å². The van der Waals surface area contributed by atoms with E-state index >= 15 is 0 Å². The zero-order valence-electron chi connectivity index (χ0n) is 9.10. The number of epoxide rings is 1. The topological polar surface area (TPSA) is 66.9 Å². The Labute approximate surface area is 102 Å². The number of benzene rings is 1. The molecule has 0 amide bonds. The van der Waals surface area contributed by atoms with Crippen LogP contribution < -0.4 is 0 Å². The number of thioether (sulfide) groups is 1. The van der Waals surface area contributed by atoms with Crippen LogP contribution in [0.1, 0.15) is 27.6 Å². The van der Waals surface area contributed by atoms with Gasteiger partial charge in [0.2, 0.25) is 16.5 Å².